The molecule has 0 saturated carbocycles. The smallest absolute Gasteiger partial charge is 0.407 e. The van der Waals surface area contributed by atoms with Gasteiger partial charge in [0, 0.05) is 19.1 Å². The number of ether oxygens (including phenoxy) is 2. The number of alkyl carbamates (subject to hydrolysis) is 1. The average molecular weight is 341 g/mol. The van der Waals surface area contributed by atoms with E-state index >= 15 is 0 Å². The number of amides is 2. The van der Waals surface area contributed by atoms with E-state index in [0.717, 1.165) is 38.8 Å². The predicted octanol–water partition coefficient (Wildman–Crippen LogP) is 1.27. The van der Waals surface area contributed by atoms with Gasteiger partial charge in [0.05, 0.1) is 6.10 Å². The highest BCUT2D eigenvalue weighted by atomic mass is 16.6. The summed E-state index contributed by atoms with van der Waals surface area (Å²) >= 11 is 0. The highest BCUT2D eigenvalue weighted by Gasteiger charge is 2.26. The lowest BCUT2D eigenvalue weighted by Crippen LogP contribution is -2.48. The van der Waals surface area contributed by atoms with Crippen molar-refractivity contribution in [3.8, 4) is 0 Å². The van der Waals surface area contributed by atoms with Crippen molar-refractivity contribution in [1.29, 1.82) is 0 Å². The monoisotopic (exact) mass is 341 g/mol. The normalized spacial score (nSPS) is 20.7. The molecule has 0 aromatic carbocycles. The molecule has 2 aliphatic heterocycles. The minimum Gasteiger partial charge on any atom is -0.444 e. The van der Waals surface area contributed by atoms with Gasteiger partial charge in [-0.2, -0.15) is 0 Å². The van der Waals surface area contributed by atoms with Crippen LogP contribution in [0.5, 0.6) is 0 Å². The van der Waals surface area contributed by atoms with E-state index in [0.29, 0.717) is 13.1 Å². The molecule has 0 aromatic rings. The maximum absolute atomic E-state index is 12.2. The van der Waals surface area contributed by atoms with Crippen molar-refractivity contribution in [2.24, 2.45) is 0 Å². The fraction of sp³-hybridized carbons (Fsp3) is 0.882. The summed E-state index contributed by atoms with van der Waals surface area (Å²) in [5.41, 5.74) is -0.493. The molecule has 0 bridgehead atoms. The first-order valence-electron chi connectivity index (χ1n) is 8.93. The minimum atomic E-state index is -0.493. The van der Waals surface area contributed by atoms with E-state index in [2.05, 4.69) is 10.6 Å². The Morgan fingerprint density at radius 2 is 1.75 bits per heavy atom. The number of rotatable bonds is 4. The van der Waals surface area contributed by atoms with Crippen LogP contribution in [-0.4, -0.2) is 67.4 Å². The van der Waals surface area contributed by atoms with Crippen LogP contribution in [0, 0.1) is 0 Å². The van der Waals surface area contributed by atoms with Crippen LogP contribution in [0.2, 0.25) is 0 Å². The van der Waals surface area contributed by atoms with E-state index < -0.39 is 5.60 Å². The highest BCUT2D eigenvalue weighted by Crippen LogP contribution is 2.14. The van der Waals surface area contributed by atoms with Crippen LogP contribution in [-0.2, 0) is 14.3 Å². The van der Waals surface area contributed by atoms with E-state index in [1.54, 1.807) is 0 Å². The van der Waals surface area contributed by atoms with Crippen LogP contribution < -0.4 is 10.6 Å². The van der Waals surface area contributed by atoms with Gasteiger partial charge in [-0.1, -0.05) is 0 Å². The lowest BCUT2D eigenvalue weighted by molar-refractivity contribution is -0.139. The lowest BCUT2D eigenvalue weighted by Gasteiger charge is -2.33. The molecule has 2 amide bonds. The van der Waals surface area contributed by atoms with Crippen LogP contribution in [0.25, 0.3) is 0 Å². The second-order valence-electron chi connectivity index (χ2n) is 7.56. The highest BCUT2D eigenvalue weighted by molar-refractivity contribution is 5.77. The van der Waals surface area contributed by atoms with Crippen molar-refractivity contribution in [3.05, 3.63) is 0 Å². The first-order chi connectivity index (χ1) is 11.3. The van der Waals surface area contributed by atoms with Gasteiger partial charge < -0.3 is 25.0 Å². The van der Waals surface area contributed by atoms with Gasteiger partial charge in [0.25, 0.3) is 0 Å². The predicted molar refractivity (Wildman–Crippen MR) is 90.8 cm³/mol. The zero-order valence-electron chi connectivity index (χ0n) is 15.1. The molecule has 0 atom stereocenters. The van der Waals surface area contributed by atoms with Crippen LogP contribution in [0.1, 0.15) is 46.5 Å². The number of nitrogens with one attached hydrogen (secondary N) is 2. The molecule has 2 aliphatic rings. The van der Waals surface area contributed by atoms with Crippen molar-refractivity contribution in [3.63, 3.8) is 0 Å². The maximum atomic E-state index is 12.2. The number of carbonyl (C=O) groups is 2. The Morgan fingerprint density at radius 3 is 2.33 bits per heavy atom. The summed E-state index contributed by atoms with van der Waals surface area (Å²) in [5.74, 6) is 0.0456. The van der Waals surface area contributed by atoms with E-state index in [1.165, 1.54) is 0 Å². The van der Waals surface area contributed by atoms with Crippen molar-refractivity contribution >= 4 is 12.0 Å². The molecule has 7 heteroatoms. The Hall–Kier alpha value is -1.34. The molecular weight excluding hydrogens is 310 g/mol. The Bertz CT molecular complexity index is 422. The van der Waals surface area contributed by atoms with Gasteiger partial charge in [-0.3, -0.25) is 4.79 Å². The summed E-state index contributed by atoms with van der Waals surface area (Å²) in [6.07, 6.45) is 3.24. The van der Waals surface area contributed by atoms with Gasteiger partial charge in [0.1, 0.15) is 12.2 Å². The summed E-state index contributed by atoms with van der Waals surface area (Å²) in [4.78, 5) is 25.8. The van der Waals surface area contributed by atoms with E-state index in [9.17, 15) is 9.59 Å². The second kappa shape index (κ2) is 8.67. The van der Waals surface area contributed by atoms with Crippen molar-refractivity contribution < 1.29 is 19.1 Å². The SMILES string of the molecule is CC(C)(C)OC(=O)NC1CCN(C(=O)COC2CCNCC2)CC1. The molecule has 138 valence electrons. The molecule has 0 aromatic heterocycles. The van der Waals surface area contributed by atoms with Crippen LogP contribution in [0.15, 0.2) is 0 Å². The van der Waals surface area contributed by atoms with Gasteiger partial charge in [-0.25, -0.2) is 4.79 Å². The first kappa shape index (κ1) is 19.0. The van der Waals surface area contributed by atoms with E-state index in [4.69, 9.17) is 9.47 Å². The van der Waals surface area contributed by atoms with Crippen molar-refractivity contribution in [2.45, 2.75) is 64.2 Å². The van der Waals surface area contributed by atoms with Crippen LogP contribution in [0.4, 0.5) is 4.79 Å². The molecule has 0 unspecified atom stereocenters. The number of hydrogen-bond acceptors (Lipinski definition) is 5. The molecule has 24 heavy (non-hydrogen) atoms. The molecule has 7 nitrogen and oxygen atoms in total. The Kier molecular flexibility index (Phi) is 6.86. The minimum absolute atomic E-state index is 0.0456. The standard InChI is InChI=1S/C17H31N3O4/c1-17(2,3)24-16(22)19-13-6-10-20(11-7-13)15(21)12-23-14-4-8-18-9-5-14/h13-14,18H,4-12H2,1-3H3,(H,19,22). The Labute approximate surface area is 144 Å². The second-order valence-corrected chi connectivity index (χ2v) is 7.56. The quantitative estimate of drug-likeness (QED) is 0.805. The summed E-state index contributed by atoms with van der Waals surface area (Å²) in [5, 5.41) is 6.16. The molecule has 2 saturated heterocycles. The largest absolute Gasteiger partial charge is 0.444 e. The fourth-order valence-corrected chi connectivity index (χ4v) is 2.99. The molecule has 2 fully saturated rings. The summed E-state index contributed by atoms with van der Waals surface area (Å²) < 4.78 is 11.0. The molecule has 2 heterocycles. The number of hydrogen-bond donors (Lipinski definition) is 2. The van der Waals surface area contributed by atoms with Gasteiger partial charge in [-0.05, 0) is 59.5 Å². The molecule has 0 aliphatic carbocycles. The van der Waals surface area contributed by atoms with Gasteiger partial charge in [0.15, 0.2) is 0 Å². The molecular formula is C17H31N3O4. The van der Waals surface area contributed by atoms with E-state index in [-0.39, 0.29) is 30.8 Å². The number of piperidine rings is 2. The molecule has 2 N–H and O–H groups in total. The van der Waals surface area contributed by atoms with Crippen LogP contribution in [0.3, 0.4) is 0 Å². The first-order valence-corrected chi connectivity index (χ1v) is 8.93. The van der Waals surface area contributed by atoms with Gasteiger partial charge in [0.2, 0.25) is 5.91 Å². The molecule has 0 radical (unpaired) electrons. The maximum Gasteiger partial charge on any atom is 0.407 e. The third kappa shape index (κ3) is 6.65. The topological polar surface area (TPSA) is 79.9 Å². The molecule has 2 rings (SSSR count). The number of nitrogens with zero attached hydrogens (tertiary/aromatic N) is 1. The van der Waals surface area contributed by atoms with E-state index in [1.807, 2.05) is 25.7 Å². The third-order valence-corrected chi connectivity index (χ3v) is 4.30. The molecule has 0 spiro atoms. The zero-order valence-corrected chi connectivity index (χ0v) is 15.1. The number of carbonyl (C=O) groups excluding carboxylic acids is 2. The van der Waals surface area contributed by atoms with Crippen molar-refractivity contribution in [1.82, 2.24) is 15.5 Å². The fourth-order valence-electron chi connectivity index (χ4n) is 2.99. The third-order valence-electron chi connectivity index (χ3n) is 4.30. The summed E-state index contributed by atoms with van der Waals surface area (Å²) in [7, 11) is 0. The van der Waals surface area contributed by atoms with Gasteiger partial charge in [-0.15, -0.1) is 0 Å². The lowest BCUT2D eigenvalue weighted by atomic mass is 10.1. The summed E-state index contributed by atoms with van der Waals surface area (Å²) in [6.45, 7) is 8.91. The summed E-state index contributed by atoms with van der Waals surface area (Å²) in [6, 6.07) is 0.0641. The van der Waals surface area contributed by atoms with Gasteiger partial charge >= 0.3 is 6.09 Å². The number of likely N-dealkylation sites (tertiary alicyclic amines) is 1. The van der Waals surface area contributed by atoms with Crippen molar-refractivity contribution in [2.75, 3.05) is 32.8 Å². The zero-order chi connectivity index (χ0) is 17.6. The van der Waals surface area contributed by atoms with Crippen LogP contribution >= 0.6 is 0 Å². The Morgan fingerprint density at radius 1 is 1.12 bits per heavy atom. The Balaban J connectivity index is 1.64. The average Bonchev–Trinajstić information content (AvgIpc) is 2.52.